The summed E-state index contributed by atoms with van der Waals surface area (Å²) in [6, 6.07) is 71.2. The number of aromatic nitrogens is 2. The van der Waals surface area contributed by atoms with Gasteiger partial charge >= 0.3 is 0 Å². The maximum atomic E-state index is 6.31. The average molecular weight is 704 g/mol. The highest BCUT2D eigenvalue weighted by atomic mass is 16.3. The van der Waals surface area contributed by atoms with Crippen molar-refractivity contribution in [1.82, 2.24) is 9.55 Å². The van der Waals surface area contributed by atoms with E-state index in [1.807, 2.05) is 36.4 Å². The molecule has 0 bridgehead atoms. The number of benzene rings is 9. The minimum Gasteiger partial charge on any atom is -0.436 e. The van der Waals surface area contributed by atoms with Gasteiger partial charge in [0.05, 0.1) is 11.0 Å². The van der Waals surface area contributed by atoms with Gasteiger partial charge in [0.15, 0.2) is 5.58 Å². The Labute approximate surface area is 317 Å². The van der Waals surface area contributed by atoms with Crippen LogP contribution in [0.3, 0.4) is 0 Å². The average Bonchev–Trinajstić information content (AvgIpc) is 3.85. The van der Waals surface area contributed by atoms with Gasteiger partial charge in [-0.3, -0.25) is 0 Å². The van der Waals surface area contributed by atoms with Crippen molar-refractivity contribution in [2.45, 2.75) is 0 Å². The third-order valence-electron chi connectivity index (χ3n) is 10.8. The highest BCUT2D eigenvalue weighted by Crippen LogP contribution is 2.42. The van der Waals surface area contributed by atoms with Crippen molar-refractivity contribution in [2.24, 2.45) is 0 Å². The lowest BCUT2D eigenvalue weighted by atomic mass is 10.0. The van der Waals surface area contributed by atoms with Crippen LogP contribution in [0.25, 0.3) is 82.7 Å². The topological polar surface area (TPSA) is 34.2 Å². The largest absolute Gasteiger partial charge is 0.436 e. The molecule has 11 aromatic rings. The number of para-hydroxylation sites is 2. The normalized spacial score (nSPS) is 11.6. The third-order valence-corrected chi connectivity index (χ3v) is 10.8. The predicted molar refractivity (Wildman–Crippen MR) is 229 cm³/mol. The quantitative estimate of drug-likeness (QED) is 0.173. The SMILES string of the molecule is c1ccc(-c2nc3c(ccc4ccc(N(c5ccc(-c6ccc7ccccc7c6)cc5)c5ccc6c(c5)c5ccccc5n6-c5ccccc5)cc43)o2)cc1. The number of anilines is 3. The van der Waals surface area contributed by atoms with Gasteiger partial charge in [-0.05, 0) is 112 Å². The highest BCUT2D eigenvalue weighted by Gasteiger charge is 2.19. The van der Waals surface area contributed by atoms with E-state index in [9.17, 15) is 0 Å². The van der Waals surface area contributed by atoms with Crippen molar-refractivity contribution < 1.29 is 4.42 Å². The molecule has 0 aliphatic heterocycles. The summed E-state index contributed by atoms with van der Waals surface area (Å²) >= 11 is 0. The first kappa shape index (κ1) is 31.1. The molecular weight excluding hydrogens is 671 g/mol. The number of hydrogen-bond acceptors (Lipinski definition) is 3. The molecule has 0 atom stereocenters. The van der Waals surface area contributed by atoms with E-state index in [1.54, 1.807) is 0 Å². The monoisotopic (exact) mass is 703 g/mol. The van der Waals surface area contributed by atoms with Crippen LogP contribution >= 0.6 is 0 Å². The Morgan fingerprint density at radius 2 is 1.02 bits per heavy atom. The summed E-state index contributed by atoms with van der Waals surface area (Å²) in [6.45, 7) is 0. The molecule has 0 fully saturated rings. The van der Waals surface area contributed by atoms with Crippen LogP contribution in [-0.4, -0.2) is 9.55 Å². The fourth-order valence-electron chi connectivity index (χ4n) is 8.12. The Kier molecular flexibility index (Phi) is 7.14. The van der Waals surface area contributed by atoms with Crippen LogP contribution in [0.2, 0.25) is 0 Å². The Hall–Kier alpha value is -7.43. The van der Waals surface area contributed by atoms with Gasteiger partial charge in [-0.1, -0.05) is 115 Å². The minimum absolute atomic E-state index is 0.620. The van der Waals surface area contributed by atoms with E-state index in [1.165, 1.54) is 43.7 Å². The lowest BCUT2D eigenvalue weighted by molar-refractivity contribution is 0.620. The van der Waals surface area contributed by atoms with Crippen molar-refractivity contribution in [3.8, 4) is 28.3 Å². The van der Waals surface area contributed by atoms with Crippen LogP contribution in [0.5, 0.6) is 0 Å². The molecule has 0 saturated heterocycles. The maximum Gasteiger partial charge on any atom is 0.227 e. The van der Waals surface area contributed by atoms with Gasteiger partial charge in [0.25, 0.3) is 0 Å². The molecule has 2 aromatic heterocycles. The molecule has 0 amide bonds. The van der Waals surface area contributed by atoms with Crippen molar-refractivity contribution in [3.63, 3.8) is 0 Å². The molecule has 258 valence electrons. The van der Waals surface area contributed by atoms with E-state index >= 15 is 0 Å². The zero-order chi connectivity index (χ0) is 36.3. The summed E-state index contributed by atoms with van der Waals surface area (Å²) in [5.41, 5.74) is 11.6. The molecular formula is C51H33N3O. The van der Waals surface area contributed by atoms with E-state index < -0.39 is 0 Å². The van der Waals surface area contributed by atoms with Gasteiger partial charge in [-0.2, -0.15) is 0 Å². The zero-order valence-electron chi connectivity index (χ0n) is 29.8. The van der Waals surface area contributed by atoms with E-state index in [0.717, 1.165) is 50.2 Å². The predicted octanol–water partition coefficient (Wildman–Crippen LogP) is 14.0. The van der Waals surface area contributed by atoms with Crippen LogP contribution in [0.1, 0.15) is 0 Å². The molecule has 4 nitrogen and oxygen atoms in total. The van der Waals surface area contributed by atoms with E-state index in [4.69, 9.17) is 9.40 Å². The van der Waals surface area contributed by atoms with Crippen molar-refractivity contribution >= 4 is 71.5 Å². The maximum absolute atomic E-state index is 6.31. The van der Waals surface area contributed by atoms with Crippen LogP contribution in [0.15, 0.2) is 205 Å². The second kappa shape index (κ2) is 12.6. The Bertz CT molecular complexity index is 3200. The first-order valence-corrected chi connectivity index (χ1v) is 18.6. The van der Waals surface area contributed by atoms with Gasteiger partial charge < -0.3 is 13.9 Å². The van der Waals surface area contributed by atoms with Crippen molar-refractivity contribution in [1.29, 1.82) is 0 Å². The van der Waals surface area contributed by atoms with E-state index in [0.29, 0.717) is 5.89 Å². The molecule has 11 rings (SSSR count). The van der Waals surface area contributed by atoms with Gasteiger partial charge in [-0.25, -0.2) is 4.98 Å². The summed E-state index contributed by atoms with van der Waals surface area (Å²) in [5, 5.41) is 7.04. The second-order valence-corrected chi connectivity index (χ2v) is 14.0. The minimum atomic E-state index is 0.620. The zero-order valence-corrected chi connectivity index (χ0v) is 29.8. The van der Waals surface area contributed by atoms with Gasteiger partial charge in [0, 0.05) is 44.5 Å². The van der Waals surface area contributed by atoms with Gasteiger partial charge in [0.2, 0.25) is 5.89 Å². The Morgan fingerprint density at radius 3 is 1.85 bits per heavy atom. The molecule has 0 N–H and O–H groups in total. The summed E-state index contributed by atoms with van der Waals surface area (Å²) in [4.78, 5) is 7.40. The van der Waals surface area contributed by atoms with Crippen LogP contribution in [-0.2, 0) is 0 Å². The molecule has 4 heteroatoms. The molecule has 9 aromatic carbocycles. The third kappa shape index (κ3) is 5.26. The first-order valence-electron chi connectivity index (χ1n) is 18.6. The van der Waals surface area contributed by atoms with E-state index in [2.05, 4.69) is 173 Å². The van der Waals surface area contributed by atoms with Crippen LogP contribution in [0.4, 0.5) is 17.1 Å². The fraction of sp³-hybridized carbons (Fsp3) is 0. The standard InChI is InChI=1S/C51H33N3O/c1-3-12-37(13-4-1)51-52-50-45-32-42(27-23-36(45)24-30-49(50)55-51)53(41-25-21-35(22-26-41)39-20-19-34-11-7-8-14-38(34)31-39)43-28-29-48-46(33-43)44-17-9-10-18-47(44)54(48)40-15-5-2-6-16-40/h1-33H. The van der Waals surface area contributed by atoms with Crippen LogP contribution in [0, 0.1) is 0 Å². The molecule has 0 saturated carbocycles. The lowest BCUT2D eigenvalue weighted by Gasteiger charge is -2.26. The summed E-state index contributed by atoms with van der Waals surface area (Å²) in [7, 11) is 0. The smallest absolute Gasteiger partial charge is 0.227 e. The number of nitrogens with zero attached hydrogens (tertiary/aromatic N) is 3. The van der Waals surface area contributed by atoms with Gasteiger partial charge in [-0.15, -0.1) is 0 Å². The number of fused-ring (bicyclic) bond motifs is 7. The Morgan fingerprint density at radius 1 is 0.400 bits per heavy atom. The highest BCUT2D eigenvalue weighted by molar-refractivity contribution is 6.11. The summed E-state index contributed by atoms with van der Waals surface area (Å²) in [5.74, 6) is 0.620. The summed E-state index contributed by atoms with van der Waals surface area (Å²) < 4.78 is 8.67. The molecule has 2 heterocycles. The van der Waals surface area contributed by atoms with Crippen LogP contribution < -0.4 is 4.90 Å². The molecule has 0 aliphatic carbocycles. The number of rotatable bonds is 6. The summed E-state index contributed by atoms with van der Waals surface area (Å²) in [6.07, 6.45) is 0. The second-order valence-electron chi connectivity index (χ2n) is 14.0. The molecule has 0 radical (unpaired) electrons. The molecule has 0 unspecified atom stereocenters. The molecule has 0 spiro atoms. The lowest BCUT2D eigenvalue weighted by Crippen LogP contribution is -2.10. The van der Waals surface area contributed by atoms with Crippen molar-refractivity contribution in [3.05, 3.63) is 200 Å². The number of hydrogen-bond donors (Lipinski definition) is 0. The van der Waals surface area contributed by atoms with E-state index in [-0.39, 0.29) is 0 Å². The first-order chi connectivity index (χ1) is 27.2. The molecule has 0 aliphatic rings. The number of oxazole rings is 1. The van der Waals surface area contributed by atoms with Gasteiger partial charge in [0.1, 0.15) is 5.52 Å². The Balaban J connectivity index is 1.10. The molecule has 55 heavy (non-hydrogen) atoms. The van der Waals surface area contributed by atoms with Crippen molar-refractivity contribution in [2.75, 3.05) is 4.90 Å². The fourth-order valence-corrected chi connectivity index (χ4v) is 8.12.